The summed E-state index contributed by atoms with van der Waals surface area (Å²) < 4.78 is 0. The predicted molar refractivity (Wildman–Crippen MR) is 69.7 cm³/mol. The number of aromatic amines is 1. The number of allylic oxidation sites excluding steroid dienone is 1. The Bertz CT molecular complexity index is 585. The molecule has 1 nitrogen and oxygen atoms in total. The third-order valence-corrected chi connectivity index (χ3v) is 3.39. The Labute approximate surface area is 96.2 Å². The Hall–Kier alpha value is -1.50. The van der Waals surface area contributed by atoms with E-state index >= 15 is 0 Å². The Morgan fingerprint density at radius 1 is 1.19 bits per heavy atom. The summed E-state index contributed by atoms with van der Waals surface area (Å²) in [7, 11) is 0. The number of benzene rings is 1. The lowest BCUT2D eigenvalue weighted by Crippen LogP contribution is -1.84. The first-order valence-electron chi connectivity index (χ1n) is 5.96. The highest BCUT2D eigenvalue weighted by Gasteiger charge is 2.12. The van der Waals surface area contributed by atoms with E-state index in [0.717, 1.165) is 6.42 Å². The molecule has 0 radical (unpaired) electrons. The minimum absolute atomic E-state index is 0.569. The fourth-order valence-electron chi connectivity index (χ4n) is 2.48. The van der Waals surface area contributed by atoms with Crippen LogP contribution in [0.1, 0.15) is 43.5 Å². The topological polar surface area (TPSA) is 15.8 Å². The van der Waals surface area contributed by atoms with Crippen molar-refractivity contribution in [2.75, 3.05) is 0 Å². The quantitative estimate of drug-likeness (QED) is 0.725. The predicted octanol–water partition coefficient (Wildman–Crippen LogP) is 4.25. The van der Waals surface area contributed by atoms with Crippen LogP contribution in [0.25, 0.3) is 17.0 Å². The number of H-pyrrole nitrogens is 1. The van der Waals surface area contributed by atoms with Gasteiger partial charge in [-0.2, -0.15) is 0 Å². The molecule has 0 amide bonds. The molecule has 1 aromatic heterocycles. The molecule has 1 aliphatic carbocycles. The van der Waals surface area contributed by atoms with Crippen LogP contribution in [0.2, 0.25) is 0 Å². The second-order valence-electron chi connectivity index (χ2n) is 5.19. The van der Waals surface area contributed by atoms with Crippen molar-refractivity contribution in [3.63, 3.8) is 0 Å². The first kappa shape index (κ1) is 9.71. The summed E-state index contributed by atoms with van der Waals surface area (Å²) in [6, 6.07) is 6.90. The molecular formula is C15H17N. The smallest absolute Gasteiger partial charge is 0.0462 e. The average Bonchev–Trinajstić information content (AvgIpc) is 2.74. The summed E-state index contributed by atoms with van der Waals surface area (Å²) in [6.07, 6.45) is 3.41. The largest absolute Gasteiger partial charge is 0.358 e. The lowest BCUT2D eigenvalue weighted by Gasteiger charge is -1.98. The maximum absolute atomic E-state index is 3.51. The first-order chi connectivity index (χ1) is 7.63. The summed E-state index contributed by atoms with van der Waals surface area (Å²) in [5, 5.41) is 1.35. The van der Waals surface area contributed by atoms with Gasteiger partial charge in [-0.15, -0.1) is 0 Å². The van der Waals surface area contributed by atoms with Gasteiger partial charge in [0.2, 0.25) is 0 Å². The van der Waals surface area contributed by atoms with Gasteiger partial charge in [0.1, 0.15) is 0 Å². The van der Waals surface area contributed by atoms with Crippen molar-refractivity contribution < 1.29 is 0 Å². The van der Waals surface area contributed by atoms with E-state index in [1.807, 2.05) is 0 Å². The molecule has 1 N–H and O–H groups in total. The van der Waals surface area contributed by atoms with Gasteiger partial charge >= 0.3 is 0 Å². The molecule has 3 rings (SSSR count). The number of aromatic nitrogens is 1. The summed E-state index contributed by atoms with van der Waals surface area (Å²) in [5.74, 6) is 0.569. The van der Waals surface area contributed by atoms with Crippen molar-refractivity contribution in [3.05, 3.63) is 40.6 Å². The monoisotopic (exact) mass is 211 g/mol. The van der Waals surface area contributed by atoms with Crippen LogP contribution < -0.4 is 0 Å². The highest BCUT2D eigenvalue weighted by atomic mass is 14.7. The van der Waals surface area contributed by atoms with Gasteiger partial charge < -0.3 is 4.98 Å². The molecule has 1 heteroatoms. The zero-order valence-electron chi connectivity index (χ0n) is 10.1. The number of fused-ring (bicyclic) bond motifs is 2. The normalized spacial score (nSPS) is 14.6. The number of hydrogen-bond donors (Lipinski definition) is 1. The minimum atomic E-state index is 0.569. The SMILES string of the molecule is CC1=Cc2cc3[nH]c(C(C)C)cc3cc2C1. The van der Waals surface area contributed by atoms with Crippen molar-refractivity contribution in [1.29, 1.82) is 0 Å². The van der Waals surface area contributed by atoms with Crippen LogP contribution in [-0.2, 0) is 6.42 Å². The van der Waals surface area contributed by atoms with Gasteiger partial charge in [0.15, 0.2) is 0 Å². The van der Waals surface area contributed by atoms with E-state index in [2.05, 4.69) is 50.0 Å². The highest BCUT2D eigenvalue weighted by molar-refractivity contribution is 5.86. The molecule has 1 heterocycles. The summed E-state index contributed by atoms with van der Waals surface area (Å²) in [5.41, 5.74) is 6.93. The van der Waals surface area contributed by atoms with Gasteiger partial charge in [0.05, 0.1) is 0 Å². The molecule has 1 aliphatic rings. The standard InChI is InChI=1S/C15H17N/c1-9(2)14-8-13-6-11-4-10(3)5-12(11)7-15(13)16-14/h5-9,16H,4H2,1-3H3. The van der Waals surface area contributed by atoms with Crippen molar-refractivity contribution in [1.82, 2.24) is 4.98 Å². The highest BCUT2D eigenvalue weighted by Crippen LogP contribution is 2.30. The fourth-order valence-corrected chi connectivity index (χ4v) is 2.48. The molecule has 0 saturated carbocycles. The van der Waals surface area contributed by atoms with Crippen LogP contribution in [0, 0.1) is 0 Å². The molecule has 0 atom stereocenters. The summed E-state index contributed by atoms with van der Waals surface area (Å²) >= 11 is 0. The van der Waals surface area contributed by atoms with E-state index in [-0.39, 0.29) is 0 Å². The van der Waals surface area contributed by atoms with E-state index in [1.165, 1.54) is 33.3 Å². The molecule has 0 unspecified atom stereocenters. The average molecular weight is 211 g/mol. The van der Waals surface area contributed by atoms with Crippen LogP contribution in [0.3, 0.4) is 0 Å². The van der Waals surface area contributed by atoms with E-state index < -0.39 is 0 Å². The van der Waals surface area contributed by atoms with Crippen LogP contribution in [-0.4, -0.2) is 4.98 Å². The first-order valence-corrected chi connectivity index (χ1v) is 5.96. The number of hydrogen-bond acceptors (Lipinski definition) is 0. The minimum Gasteiger partial charge on any atom is -0.358 e. The molecule has 0 fully saturated rings. The zero-order valence-corrected chi connectivity index (χ0v) is 10.1. The maximum atomic E-state index is 3.51. The van der Waals surface area contributed by atoms with E-state index in [4.69, 9.17) is 0 Å². The second-order valence-corrected chi connectivity index (χ2v) is 5.19. The molecule has 1 aromatic carbocycles. The Kier molecular flexibility index (Phi) is 1.97. The lowest BCUT2D eigenvalue weighted by molar-refractivity contribution is 0.836. The molecular weight excluding hydrogens is 194 g/mol. The van der Waals surface area contributed by atoms with Gasteiger partial charge in [-0.3, -0.25) is 0 Å². The van der Waals surface area contributed by atoms with Crippen molar-refractivity contribution in [2.24, 2.45) is 0 Å². The molecule has 0 bridgehead atoms. The lowest BCUT2D eigenvalue weighted by atomic mass is 10.1. The maximum Gasteiger partial charge on any atom is 0.0462 e. The molecule has 82 valence electrons. The Balaban J connectivity index is 2.19. The molecule has 0 aliphatic heterocycles. The Morgan fingerprint density at radius 3 is 2.75 bits per heavy atom. The van der Waals surface area contributed by atoms with E-state index in [9.17, 15) is 0 Å². The van der Waals surface area contributed by atoms with Crippen molar-refractivity contribution in [2.45, 2.75) is 33.1 Å². The fraction of sp³-hybridized carbons (Fsp3) is 0.333. The molecule has 0 saturated heterocycles. The zero-order chi connectivity index (χ0) is 11.3. The van der Waals surface area contributed by atoms with E-state index in [1.54, 1.807) is 0 Å². The molecule has 16 heavy (non-hydrogen) atoms. The van der Waals surface area contributed by atoms with Crippen molar-refractivity contribution in [3.8, 4) is 0 Å². The third-order valence-electron chi connectivity index (χ3n) is 3.39. The third kappa shape index (κ3) is 1.39. The van der Waals surface area contributed by atoms with Crippen LogP contribution in [0.5, 0.6) is 0 Å². The van der Waals surface area contributed by atoms with Gasteiger partial charge in [-0.25, -0.2) is 0 Å². The number of rotatable bonds is 1. The van der Waals surface area contributed by atoms with Gasteiger partial charge in [-0.05, 0) is 54.0 Å². The molecule has 0 spiro atoms. The van der Waals surface area contributed by atoms with Gasteiger partial charge in [0.25, 0.3) is 0 Å². The van der Waals surface area contributed by atoms with Crippen LogP contribution in [0.15, 0.2) is 23.8 Å². The van der Waals surface area contributed by atoms with Crippen molar-refractivity contribution >= 4 is 17.0 Å². The van der Waals surface area contributed by atoms with Gasteiger partial charge in [-0.1, -0.05) is 25.5 Å². The summed E-state index contributed by atoms with van der Waals surface area (Å²) in [6.45, 7) is 6.65. The Morgan fingerprint density at radius 2 is 2.00 bits per heavy atom. The molecule has 2 aromatic rings. The van der Waals surface area contributed by atoms with Gasteiger partial charge in [0, 0.05) is 11.2 Å². The van der Waals surface area contributed by atoms with Crippen LogP contribution >= 0.6 is 0 Å². The number of nitrogens with one attached hydrogen (secondary N) is 1. The van der Waals surface area contributed by atoms with Crippen LogP contribution in [0.4, 0.5) is 0 Å². The van der Waals surface area contributed by atoms with E-state index in [0.29, 0.717) is 5.92 Å². The second kappa shape index (κ2) is 3.24. The summed E-state index contributed by atoms with van der Waals surface area (Å²) in [4.78, 5) is 3.51.